The van der Waals surface area contributed by atoms with E-state index in [-0.39, 0.29) is 11.4 Å². The van der Waals surface area contributed by atoms with Gasteiger partial charge in [0.05, 0.1) is 12.5 Å². The van der Waals surface area contributed by atoms with Gasteiger partial charge in [0.15, 0.2) is 0 Å². The maximum absolute atomic E-state index is 12.2. The van der Waals surface area contributed by atoms with Gasteiger partial charge in [-0.2, -0.15) is 0 Å². The van der Waals surface area contributed by atoms with E-state index in [4.69, 9.17) is 9.47 Å². The normalized spacial score (nSPS) is 17.2. The van der Waals surface area contributed by atoms with E-state index < -0.39 is 0 Å². The number of halogens is 1. The van der Waals surface area contributed by atoms with Crippen molar-refractivity contribution in [1.82, 2.24) is 0 Å². The average molecular weight is 369 g/mol. The minimum atomic E-state index is -0.339. The summed E-state index contributed by atoms with van der Waals surface area (Å²) in [6.07, 6.45) is 5.48. The highest BCUT2D eigenvalue weighted by Crippen LogP contribution is 2.37. The number of ether oxygens (including phenoxy) is 2. The van der Waals surface area contributed by atoms with Crippen LogP contribution < -0.4 is 0 Å². The van der Waals surface area contributed by atoms with Crippen LogP contribution in [-0.2, 0) is 27.1 Å². The van der Waals surface area contributed by atoms with Crippen molar-refractivity contribution in [2.45, 2.75) is 45.4 Å². The molecule has 0 N–H and O–H groups in total. The number of hydrogen-bond acceptors (Lipinski definition) is 3. The van der Waals surface area contributed by atoms with Crippen LogP contribution in [-0.4, -0.2) is 26.3 Å². The molecule has 1 saturated heterocycles. The first-order chi connectivity index (χ1) is 10.6. The zero-order valence-electron chi connectivity index (χ0n) is 13.5. The van der Waals surface area contributed by atoms with Gasteiger partial charge in [0.2, 0.25) is 0 Å². The average Bonchev–Trinajstić information content (AvgIpc) is 2.56. The van der Waals surface area contributed by atoms with Gasteiger partial charge in [-0.3, -0.25) is 4.79 Å². The zero-order valence-corrected chi connectivity index (χ0v) is 15.1. The molecule has 1 heterocycles. The Kier molecular flexibility index (Phi) is 6.45. The van der Waals surface area contributed by atoms with Crippen molar-refractivity contribution in [1.29, 1.82) is 0 Å². The molecule has 0 atom stereocenters. The number of aryl methyl sites for hydroxylation is 2. The van der Waals surface area contributed by atoms with E-state index in [1.807, 2.05) is 0 Å². The molecule has 2 rings (SSSR count). The summed E-state index contributed by atoms with van der Waals surface area (Å²) in [4.78, 5) is 12.2. The van der Waals surface area contributed by atoms with Crippen LogP contribution in [0.15, 0.2) is 22.7 Å². The van der Waals surface area contributed by atoms with Crippen molar-refractivity contribution in [2.24, 2.45) is 5.41 Å². The Balaban J connectivity index is 2.00. The molecule has 4 heteroatoms. The van der Waals surface area contributed by atoms with E-state index in [2.05, 4.69) is 41.1 Å². The summed E-state index contributed by atoms with van der Waals surface area (Å²) in [5.41, 5.74) is 2.43. The fraction of sp³-hybridized carbons (Fsp3) is 0.611. The first kappa shape index (κ1) is 17.5. The second kappa shape index (κ2) is 8.11. The van der Waals surface area contributed by atoms with Gasteiger partial charge in [0.25, 0.3) is 0 Å². The minimum absolute atomic E-state index is 0.0673. The van der Waals surface area contributed by atoms with E-state index in [0.717, 1.165) is 43.0 Å². The predicted octanol–water partition coefficient (Wildman–Crippen LogP) is 4.30. The van der Waals surface area contributed by atoms with Crippen LogP contribution in [0.5, 0.6) is 0 Å². The van der Waals surface area contributed by atoms with Gasteiger partial charge in [-0.1, -0.05) is 28.9 Å². The lowest BCUT2D eigenvalue weighted by atomic mass is 9.75. The zero-order chi connectivity index (χ0) is 16.0. The molecule has 1 aliphatic rings. The van der Waals surface area contributed by atoms with E-state index >= 15 is 0 Å². The quantitative estimate of drug-likeness (QED) is 0.702. The van der Waals surface area contributed by atoms with Gasteiger partial charge in [-0.25, -0.2) is 0 Å². The highest BCUT2D eigenvalue weighted by molar-refractivity contribution is 9.10. The van der Waals surface area contributed by atoms with Gasteiger partial charge < -0.3 is 9.47 Å². The molecule has 0 aliphatic carbocycles. The van der Waals surface area contributed by atoms with E-state index in [0.29, 0.717) is 13.2 Å². The van der Waals surface area contributed by atoms with Gasteiger partial charge in [-0.15, -0.1) is 0 Å². The van der Waals surface area contributed by atoms with Crippen LogP contribution >= 0.6 is 15.9 Å². The van der Waals surface area contributed by atoms with Crippen molar-refractivity contribution in [3.05, 3.63) is 33.8 Å². The number of rotatable bonds is 6. The van der Waals surface area contributed by atoms with E-state index in [1.54, 1.807) is 0 Å². The molecular weight excluding hydrogens is 344 g/mol. The SMILES string of the molecule is CCc1cc(Br)ccc1CCCC1(C(=O)OC)CCOCC1. The maximum Gasteiger partial charge on any atom is 0.311 e. The fourth-order valence-electron chi connectivity index (χ4n) is 3.32. The summed E-state index contributed by atoms with van der Waals surface area (Å²) < 4.78 is 11.6. The Morgan fingerprint density at radius 1 is 1.32 bits per heavy atom. The number of methoxy groups -OCH3 is 1. The summed E-state index contributed by atoms with van der Waals surface area (Å²) in [5.74, 6) is -0.0673. The number of hydrogen-bond donors (Lipinski definition) is 0. The lowest BCUT2D eigenvalue weighted by molar-refractivity contribution is -0.159. The fourth-order valence-corrected chi connectivity index (χ4v) is 3.73. The van der Waals surface area contributed by atoms with Crippen molar-refractivity contribution < 1.29 is 14.3 Å². The standard InChI is InChI=1S/C18H25BrO3/c1-3-14-13-16(19)7-6-15(14)5-4-8-18(17(20)21-2)9-11-22-12-10-18/h6-7,13H,3-5,8-12H2,1-2H3. The molecule has 0 radical (unpaired) electrons. The van der Waals surface area contributed by atoms with E-state index in [1.165, 1.54) is 18.2 Å². The molecule has 3 nitrogen and oxygen atoms in total. The number of carbonyl (C=O) groups is 1. The van der Waals surface area contributed by atoms with Crippen LogP contribution in [0.1, 0.15) is 43.7 Å². The third kappa shape index (κ3) is 4.11. The summed E-state index contributed by atoms with van der Waals surface area (Å²) >= 11 is 3.53. The second-order valence-electron chi connectivity index (χ2n) is 6.00. The van der Waals surface area contributed by atoms with Crippen molar-refractivity contribution in [3.63, 3.8) is 0 Å². The Bertz CT molecular complexity index is 507. The first-order valence-corrected chi connectivity index (χ1v) is 8.84. The molecule has 0 aromatic heterocycles. The van der Waals surface area contributed by atoms with Gasteiger partial charge in [0.1, 0.15) is 0 Å². The molecule has 0 saturated carbocycles. The summed E-state index contributed by atoms with van der Waals surface area (Å²) in [6, 6.07) is 6.48. The molecule has 0 amide bonds. The predicted molar refractivity (Wildman–Crippen MR) is 91.0 cm³/mol. The van der Waals surface area contributed by atoms with Crippen molar-refractivity contribution in [2.75, 3.05) is 20.3 Å². The smallest absolute Gasteiger partial charge is 0.311 e. The number of carbonyl (C=O) groups excluding carboxylic acids is 1. The van der Waals surface area contributed by atoms with Gasteiger partial charge in [0, 0.05) is 17.7 Å². The molecule has 0 spiro atoms. The highest BCUT2D eigenvalue weighted by Gasteiger charge is 2.40. The maximum atomic E-state index is 12.2. The number of benzene rings is 1. The van der Waals surface area contributed by atoms with Crippen molar-refractivity contribution in [3.8, 4) is 0 Å². The molecule has 1 aliphatic heterocycles. The minimum Gasteiger partial charge on any atom is -0.469 e. The molecular formula is C18H25BrO3. The van der Waals surface area contributed by atoms with Crippen LogP contribution in [0.3, 0.4) is 0 Å². The highest BCUT2D eigenvalue weighted by atomic mass is 79.9. The molecule has 1 aromatic carbocycles. The van der Waals surface area contributed by atoms with Crippen LogP contribution in [0, 0.1) is 5.41 Å². The molecule has 0 bridgehead atoms. The van der Waals surface area contributed by atoms with Crippen molar-refractivity contribution >= 4 is 21.9 Å². The lowest BCUT2D eigenvalue weighted by Gasteiger charge is -2.34. The molecule has 22 heavy (non-hydrogen) atoms. The topological polar surface area (TPSA) is 35.5 Å². The first-order valence-electron chi connectivity index (χ1n) is 8.05. The summed E-state index contributed by atoms with van der Waals surface area (Å²) in [7, 11) is 1.49. The second-order valence-corrected chi connectivity index (χ2v) is 6.92. The summed E-state index contributed by atoms with van der Waals surface area (Å²) in [6.45, 7) is 3.50. The Morgan fingerprint density at radius 3 is 2.68 bits per heavy atom. The Hall–Kier alpha value is -0.870. The largest absolute Gasteiger partial charge is 0.469 e. The van der Waals surface area contributed by atoms with Crippen LogP contribution in [0.4, 0.5) is 0 Å². The summed E-state index contributed by atoms with van der Waals surface area (Å²) in [5, 5.41) is 0. The monoisotopic (exact) mass is 368 g/mol. The number of esters is 1. The van der Waals surface area contributed by atoms with Gasteiger partial charge >= 0.3 is 5.97 Å². The molecule has 122 valence electrons. The molecule has 0 unspecified atom stereocenters. The molecule has 1 aromatic rings. The Labute approximate surface area is 141 Å². The van der Waals surface area contributed by atoms with E-state index in [9.17, 15) is 4.79 Å². The van der Waals surface area contributed by atoms with Crippen LogP contribution in [0.2, 0.25) is 0 Å². The van der Waals surface area contributed by atoms with Crippen LogP contribution in [0.25, 0.3) is 0 Å². The molecule has 1 fully saturated rings. The lowest BCUT2D eigenvalue weighted by Crippen LogP contribution is -2.38. The van der Waals surface area contributed by atoms with Gasteiger partial charge in [-0.05, 0) is 61.8 Å². The third-order valence-corrected chi connectivity index (χ3v) is 5.21. The third-order valence-electron chi connectivity index (χ3n) is 4.72. The Morgan fingerprint density at radius 2 is 2.05 bits per heavy atom.